The number of hydrogen-bond donors (Lipinski definition) is 1. The van der Waals surface area contributed by atoms with E-state index in [2.05, 4.69) is 20.9 Å². The molecule has 0 radical (unpaired) electrons. The Labute approximate surface area is 155 Å². The summed E-state index contributed by atoms with van der Waals surface area (Å²) in [5.74, 6) is 2.61. The maximum atomic E-state index is 11.0. The van der Waals surface area contributed by atoms with Crippen LogP contribution < -0.4 is 0 Å². The first-order chi connectivity index (χ1) is 11.9. The van der Waals surface area contributed by atoms with Gasteiger partial charge < -0.3 is 5.11 Å². The van der Waals surface area contributed by atoms with E-state index in [1.807, 2.05) is 0 Å². The fourth-order valence-corrected chi connectivity index (χ4v) is 6.17. The Morgan fingerprint density at radius 2 is 1.88 bits per heavy atom. The Morgan fingerprint density at radius 3 is 2.52 bits per heavy atom. The van der Waals surface area contributed by atoms with Crippen molar-refractivity contribution in [3.05, 3.63) is 32.3 Å². The lowest BCUT2D eigenvalue weighted by Crippen LogP contribution is -2.39. The van der Waals surface area contributed by atoms with Gasteiger partial charge in [-0.1, -0.05) is 12.8 Å². The number of benzene rings is 1. The number of aromatic hydroxyl groups is 1. The molecule has 6 heteroatoms. The Balaban J connectivity index is 1.54. The number of rotatable bonds is 4. The van der Waals surface area contributed by atoms with Gasteiger partial charge in [-0.2, -0.15) is 0 Å². The number of fused-ring (bicyclic) bond motifs is 1. The summed E-state index contributed by atoms with van der Waals surface area (Å²) in [6.45, 7) is 0.774. The van der Waals surface area contributed by atoms with E-state index in [-0.39, 0.29) is 11.4 Å². The smallest absolute Gasteiger partial charge is 0.271 e. The Hall–Kier alpha value is -1.43. The van der Waals surface area contributed by atoms with Crippen LogP contribution in [-0.2, 0) is 0 Å². The van der Waals surface area contributed by atoms with Gasteiger partial charge in [0.2, 0.25) is 0 Å². The Kier molecular flexibility index (Phi) is 4.34. The maximum absolute atomic E-state index is 11.0. The molecule has 4 bridgehead atoms. The van der Waals surface area contributed by atoms with Crippen molar-refractivity contribution in [3.63, 3.8) is 0 Å². The molecule has 4 aliphatic rings. The first-order valence-corrected chi connectivity index (χ1v) is 9.90. The highest BCUT2D eigenvalue weighted by Crippen LogP contribution is 2.57. The van der Waals surface area contributed by atoms with Crippen LogP contribution in [0, 0.1) is 33.3 Å². The second kappa shape index (κ2) is 6.38. The van der Waals surface area contributed by atoms with Gasteiger partial charge in [0.1, 0.15) is 5.75 Å². The normalized spacial score (nSPS) is 33.7. The van der Waals surface area contributed by atoms with Gasteiger partial charge in [0.15, 0.2) is 0 Å². The van der Waals surface area contributed by atoms with Crippen LogP contribution in [0.25, 0.3) is 0 Å². The van der Waals surface area contributed by atoms with Gasteiger partial charge in [0, 0.05) is 30.5 Å². The van der Waals surface area contributed by atoms with Crippen LogP contribution in [0.2, 0.25) is 0 Å². The third kappa shape index (κ3) is 3.33. The molecule has 0 spiro atoms. The predicted octanol–water partition coefficient (Wildman–Crippen LogP) is 5.09. The van der Waals surface area contributed by atoms with E-state index in [0.29, 0.717) is 15.5 Å². The van der Waals surface area contributed by atoms with Gasteiger partial charge >= 0.3 is 0 Å². The minimum Gasteiger partial charge on any atom is -0.506 e. The average Bonchev–Trinajstić information content (AvgIpc) is 2.76. The molecule has 0 amide bonds. The largest absolute Gasteiger partial charge is 0.506 e. The number of phenolic OH excluding ortho intramolecular Hbond substituents is 1. The highest BCUT2D eigenvalue weighted by molar-refractivity contribution is 9.10. The van der Waals surface area contributed by atoms with E-state index in [9.17, 15) is 15.2 Å². The zero-order valence-electron chi connectivity index (χ0n) is 14.2. The van der Waals surface area contributed by atoms with Crippen molar-refractivity contribution < 1.29 is 10.0 Å². The number of hydrogen-bond acceptors (Lipinski definition) is 4. The third-order valence-electron chi connectivity index (χ3n) is 6.43. The van der Waals surface area contributed by atoms with Crippen LogP contribution >= 0.6 is 15.9 Å². The summed E-state index contributed by atoms with van der Waals surface area (Å²) in [4.78, 5) is 15.2. The van der Waals surface area contributed by atoms with Gasteiger partial charge in [-0.15, -0.1) is 0 Å². The molecule has 1 N–H and O–H groups in total. The maximum Gasteiger partial charge on any atom is 0.271 e. The first kappa shape index (κ1) is 17.0. The third-order valence-corrected chi connectivity index (χ3v) is 7.03. The van der Waals surface area contributed by atoms with Gasteiger partial charge in [0.25, 0.3) is 5.69 Å². The standard InChI is InChI=1S/C19H23BrN2O3/c20-17-6-16(22(24)25)5-15(18(17)23)10-21-11-19-7-12-1-2-13(8-19)4-14(3-12)9-19/h5-6,10,12-14,23H,1-4,7-9,11H2. The molecule has 25 heavy (non-hydrogen) atoms. The summed E-state index contributed by atoms with van der Waals surface area (Å²) in [7, 11) is 0. The number of phenols is 1. The molecule has 134 valence electrons. The number of non-ortho nitro benzene ring substituents is 1. The molecule has 0 heterocycles. The lowest BCUT2D eigenvalue weighted by Gasteiger charge is -2.47. The highest BCUT2D eigenvalue weighted by atomic mass is 79.9. The highest BCUT2D eigenvalue weighted by Gasteiger charge is 2.48. The number of nitro benzene ring substituents is 1. The summed E-state index contributed by atoms with van der Waals surface area (Å²) >= 11 is 3.18. The lowest BCUT2D eigenvalue weighted by atomic mass is 9.58. The lowest BCUT2D eigenvalue weighted by molar-refractivity contribution is -0.385. The quantitative estimate of drug-likeness (QED) is 0.429. The average molecular weight is 407 g/mol. The molecule has 4 aliphatic carbocycles. The molecule has 2 unspecified atom stereocenters. The van der Waals surface area contributed by atoms with E-state index < -0.39 is 4.92 Å². The second-order valence-electron chi connectivity index (χ2n) is 8.35. The topological polar surface area (TPSA) is 75.7 Å². The zero-order valence-corrected chi connectivity index (χ0v) is 15.7. The first-order valence-electron chi connectivity index (χ1n) is 9.11. The molecule has 4 saturated carbocycles. The molecule has 0 saturated heterocycles. The Morgan fingerprint density at radius 1 is 1.24 bits per heavy atom. The van der Waals surface area contributed by atoms with Crippen molar-refractivity contribution in [1.82, 2.24) is 0 Å². The van der Waals surface area contributed by atoms with Crippen molar-refractivity contribution in [3.8, 4) is 5.75 Å². The Bertz CT molecular complexity index is 718. The molecular formula is C19H23BrN2O3. The zero-order chi connectivity index (χ0) is 17.6. The van der Waals surface area contributed by atoms with Crippen LogP contribution in [0.1, 0.15) is 50.5 Å². The number of aliphatic imine (C=N–C) groups is 1. The molecule has 0 aliphatic heterocycles. The fourth-order valence-electron chi connectivity index (χ4n) is 5.71. The summed E-state index contributed by atoms with van der Waals surface area (Å²) in [5.41, 5.74) is 0.679. The minimum atomic E-state index is -0.454. The second-order valence-corrected chi connectivity index (χ2v) is 9.21. The minimum absolute atomic E-state index is 0.0112. The molecule has 5 nitrogen and oxygen atoms in total. The summed E-state index contributed by atoms with van der Waals surface area (Å²) in [6.07, 6.45) is 11.0. The van der Waals surface area contributed by atoms with Crippen LogP contribution in [0.5, 0.6) is 5.75 Å². The molecule has 1 aromatic carbocycles. The van der Waals surface area contributed by atoms with Gasteiger partial charge in [-0.05, 0) is 71.2 Å². The molecule has 4 fully saturated rings. The number of nitrogens with zero attached hydrogens (tertiary/aromatic N) is 2. The van der Waals surface area contributed by atoms with E-state index in [4.69, 9.17) is 0 Å². The van der Waals surface area contributed by atoms with E-state index >= 15 is 0 Å². The van der Waals surface area contributed by atoms with Crippen molar-refractivity contribution in [2.75, 3.05) is 6.54 Å². The van der Waals surface area contributed by atoms with E-state index in [1.54, 1.807) is 6.21 Å². The van der Waals surface area contributed by atoms with Gasteiger partial charge in [-0.25, -0.2) is 0 Å². The summed E-state index contributed by atoms with van der Waals surface area (Å²) in [6, 6.07) is 2.70. The van der Waals surface area contributed by atoms with Crippen LogP contribution in [0.3, 0.4) is 0 Å². The number of nitro groups is 1. The summed E-state index contributed by atoms with van der Waals surface area (Å²) in [5, 5.41) is 21.2. The number of halogens is 1. The fraction of sp³-hybridized carbons (Fsp3) is 0.632. The summed E-state index contributed by atoms with van der Waals surface area (Å²) < 4.78 is 0.328. The van der Waals surface area contributed by atoms with Crippen molar-refractivity contribution >= 4 is 27.8 Å². The molecule has 0 aromatic heterocycles. The predicted molar refractivity (Wildman–Crippen MR) is 100 cm³/mol. The molecular weight excluding hydrogens is 384 g/mol. The molecule has 1 aromatic rings. The van der Waals surface area contributed by atoms with Crippen LogP contribution in [-0.4, -0.2) is 22.8 Å². The van der Waals surface area contributed by atoms with Gasteiger partial charge in [-0.3, -0.25) is 15.1 Å². The van der Waals surface area contributed by atoms with Crippen molar-refractivity contribution in [2.24, 2.45) is 28.2 Å². The monoisotopic (exact) mass is 406 g/mol. The molecule has 5 rings (SSSR count). The SMILES string of the molecule is O=[N+]([O-])c1cc(Br)c(O)c(C=NCC23CC4CCC(CC(C4)C2)C3)c1. The van der Waals surface area contributed by atoms with Gasteiger partial charge in [0.05, 0.1) is 9.40 Å². The van der Waals surface area contributed by atoms with Crippen molar-refractivity contribution in [2.45, 2.75) is 44.9 Å². The van der Waals surface area contributed by atoms with Crippen LogP contribution in [0.4, 0.5) is 5.69 Å². The van der Waals surface area contributed by atoms with E-state index in [1.165, 1.54) is 57.1 Å². The van der Waals surface area contributed by atoms with Crippen molar-refractivity contribution in [1.29, 1.82) is 0 Å². The van der Waals surface area contributed by atoms with Crippen LogP contribution in [0.15, 0.2) is 21.6 Å². The molecule has 2 atom stereocenters. The van der Waals surface area contributed by atoms with E-state index in [0.717, 1.165) is 24.3 Å².